The zero-order valence-corrected chi connectivity index (χ0v) is 18.5. The van der Waals surface area contributed by atoms with Gasteiger partial charge in [-0.05, 0) is 62.2 Å². The Balaban J connectivity index is 1.25. The van der Waals surface area contributed by atoms with Gasteiger partial charge in [-0.25, -0.2) is 0 Å². The number of likely N-dealkylation sites (tertiary alicyclic amines) is 1. The summed E-state index contributed by atoms with van der Waals surface area (Å²) in [6.45, 7) is 5.79. The van der Waals surface area contributed by atoms with Gasteiger partial charge in [0, 0.05) is 37.1 Å². The predicted octanol–water partition coefficient (Wildman–Crippen LogP) is 3.97. The van der Waals surface area contributed by atoms with Crippen LogP contribution in [0.5, 0.6) is 5.75 Å². The third-order valence-electron chi connectivity index (χ3n) is 5.82. The van der Waals surface area contributed by atoms with Gasteiger partial charge in [-0.1, -0.05) is 24.3 Å². The Kier molecular flexibility index (Phi) is 7.46. The molecule has 1 aliphatic rings. The summed E-state index contributed by atoms with van der Waals surface area (Å²) in [4.78, 5) is 23.9. The first kappa shape index (κ1) is 22.0. The number of nitrogens with one attached hydrogen (secondary N) is 1. The number of piperidine rings is 1. The molecule has 6 nitrogen and oxygen atoms in total. The average Bonchev–Trinajstić information content (AvgIpc) is 2.84. The van der Waals surface area contributed by atoms with E-state index in [0.29, 0.717) is 24.6 Å². The van der Waals surface area contributed by atoms with Crippen molar-refractivity contribution in [3.05, 3.63) is 89.5 Å². The van der Waals surface area contributed by atoms with E-state index in [0.717, 1.165) is 55.2 Å². The van der Waals surface area contributed by atoms with Crippen molar-refractivity contribution in [3.63, 3.8) is 0 Å². The van der Waals surface area contributed by atoms with Crippen molar-refractivity contribution in [2.24, 2.45) is 0 Å². The molecule has 166 valence electrons. The van der Waals surface area contributed by atoms with Crippen LogP contribution in [0.25, 0.3) is 0 Å². The first-order chi connectivity index (χ1) is 15.7. The lowest BCUT2D eigenvalue weighted by atomic mass is 9.94. The summed E-state index contributed by atoms with van der Waals surface area (Å²) < 4.78 is 5.73. The highest BCUT2D eigenvalue weighted by molar-refractivity contribution is 5.93. The van der Waals surface area contributed by atoms with Crippen molar-refractivity contribution in [1.82, 2.24) is 20.2 Å². The molecule has 0 aliphatic carbocycles. The molecule has 32 heavy (non-hydrogen) atoms. The van der Waals surface area contributed by atoms with Crippen LogP contribution in [0.2, 0.25) is 0 Å². The normalized spacial score (nSPS) is 16.5. The van der Waals surface area contributed by atoms with E-state index in [2.05, 4.69) is 26.3 Å². The quantitative estimate of drug-likeness (QED) is 0.548. The maximum absolute atomic E-state index is 12.4. The number of ether oxygens (including phenoxy) is 1. The van der Waals surface area contributed by atoms with Crippen molar-refractivity contribution in [1.29, 1.82) is 0 Å². The van der Waals surface area contributed by atoms with E-state index < -0.39 is 0 Å². The number of para-hydroxylation sites is 1. The Hall–Kier alpha value is -3.25. The summed E-state index contributed by atoms with van der Waals surface area (Å²) in [7, 11) is 0. The Labute approximate surface area is 189 Å². The molecule has 1 fully saturated rings. The number of nitrogens with zero attached hydrogens (tertiary/aromatic N) is 3. The van der Waals surface area contributed by atoms with Gasteiger partial charge in [0.05, 0.1) is 17.8 Å². The van der Waals surface area contributed by atoms with Gasteiger partial charge in [0.1, 0.15) is 12.4 Å². The zero-order valence-electron chi connectivity index (χ0n) is 18.5. The van der Waals surface area contributed by atoms with Crippen molar-refractivity contribution >= 4 is 5.91 Å². The molecular formula is C26H30N4O2. The van der Waals surface area contributed by atoms with E-state index in [-0.39, 0.29) is 5.91 Å². The van der Waals surface area contributed by atoms with Crippen molar-refractivity contribution in [3.8, 4) is 5.75 Å². The van der Waals surface area contributed by atoms with Crippen LogP contribution in [0.15, 0.2) is 67.0 Å². The summed E-state index contributed by atoms with van der Waals surface area (Å²) in [6.07, 6.45) is 5.79. The molecule has 4 rings (SSSR count). The van der Waals surface area contributed by atoms with Crippen LogP contribution in [-0.4, -0.2) is 47.0 Å². The van der Waals surface area contributed by atoms with Crippen LogP contribution in [0.1, 0.15) is 46.1 Å². The number of pyridine rings is 2. The second kappa shape index (κ2) is 10.9. The molecule has 1 aliphatic heterocycles. The van der Waals surface area contributed by atoms with Gasteiger partial charge in [0.2, 0.25) is 0 Å². The summed E-state index contributed by atoms with van der Waals surface area (Å²) in [5.74, 6) is 1.10. The van der Waals surface area contributed by atoms with Crippen LogP contribution in [0.3, 0.4) is 0 Å². The van der Waals surface area contributed by atoms with Crippen LogP contribution in [0, 0.1) is 6.92 Å². The molecule has 1 saturated heterocycles. The van der Waals surface area contributed by atoms with E-state index >= 15 is 0 Å². The van der Waals surface area contributed by atoms with Gasteiger partial charge < -0.3 is 10.1 Å². The van der Waals surface area contributed by atoms with Crippen LogP contribution in [0.4, 0.5) is 0 Å². The molecule has 0 spiro atoms. The van der Waals surface area contributed by atoms with Crippen LogP contribution >= 0.6 is 0 Å². The minimum atomic E-state index is -0.127. The number of amides is 1. The molecule has 0 radical (unpaired) electrons. The lowest BCUT2D eigenvalue weighted by molar-refractivity contribution is 0.0946. The Morgan fingerprint density at radius 1 is 1.12 bits per heavy atom. The zero-order chi connectivity index (χ0) is 22.2. The highest BCUT2D eigenvalue weighted by atomic mass is 16.5. The molecule has 3 heterocycles. The maximum Gasteiger partial charge on any atom is 0.252 e. The van der Waals surface area contributed by atoms with Crippen molar-refractivity contribution in [2.45, 2.75) is 32.2 Å². The maximum atomic E-state index is 12.4. The fourth-order valence-corrected chi connectivity index (χ4v) is 4.09. The van der Waals surface area contributed by atoms with E-state index in [1.807, 2.05) is 61.7 Å². The van der Waals surface area contributed by atoms with Gasteiger partial charge in [-0.3, -0.25) is 19.7 Å². The summed E-state index contributed by atoms with van der Waals surface area (Å²) in [6, 6.07) is 17.8. The van der Waals surface area contributed by atoms with Gasteiger partial charge in [0.15, 0.2) is 0 Å². The standard InChI is InChI=1S/C26H30N4O2/c1-20-7-2-3-10-25(20)32-16-14-28-26(31)21-11-12-24(29-17-21)22-8-6-15-30(18-22)19-23-9-4-5-13-27-23/h2-5,7,9-13,17,22H,6,8,14-16,18-19H2,1H3,(H,28,31)/t22-/m0/s1. The lowest BCUT2D eigenvalue weighted by Gasteiger charge is -2.32. The van der Waals surface area contributed by atoms with E-state index in [1.54, 1.807) is 6.20 Å². The number of rotatable bonds is 8. The summed E-state index contributed by atoms with van der Waals surface area (Å²) in [5.41, 5.74) is 3.81. The molecule has 2 aromatic heterocycles. The average molecular weight is 431 g/mol. The third-order valence-corrected chi connectivity index (χ3v) is 5.82. The number of carbonyl (C=O) groups is 1. The fraction of sp³-hybridized carbons (Fsp3) is 0.346. The van der Waals surface area contributed by atoms with Gasteiger partial charge in [-0.2, -0.15) is 0 Å². The Morgan fingerprint density at radius 2 is 2.00 bits per heavy atom. The van der Waals surface area contributed by atoms with E-state index in [4.69, 9.17) is 4.74 Å². The van der Waals surface area contributed by atoms with E-state index in [9.17, 15) is 4.79 Å². The van der Waals surface area contributed by atoms with Crippen LogP contribution in [-0.2, 0) is 6.54 Å². The molecule has 0 saturated carbocycles. The highest BCUT2D eigenvalue weighted by Gasteiger charge is 2.23. The second-order valence-electron chi connectivity index (χ2n) is 8.24. The molecule has 1 atom stereocenters. The number of hydrogen-bond acceptors (Lipinski definition) is 5. The van der Waals surface area contributed by atoms with Crippen LogP contribution < -0.4 is 10.1 Å². The van der Waals surface area contributed by atoms with E-state index in [1.165, 1.54) is 0 Å². The molecule has 1 aromatic carbocycles. The number of benzene rings is 1. The molecule has 1 amide bonds. The monoisotopic (exact) mass is 430 g/mol. The molecule has 0 bridgehead atoms. The first-order valence-electron chi connectivity index (χ1n) is 11.2. The third kappa shape index (κ3) is 5.92. The smallest absolute Gasteiger partial charge is 0.252 e. The largest absolute Gasteiger partial charge is 0.491 e. The fourth-order valence-electron chi connectivity index (χ4n) is 4.09. The van der Waals surface area contributed by atoms with Gasteiger partial charge >= 0.3 is 0 Å². The molecule has 6 heteroatoms. The highest BCUT2D eigenvalue weighted by Crippen LogP contribution is 2.26. The molecule has 1 N–H and O–H groups in total. The number of carbonyl (C=O) groups excluding carboxylic acids is 1. The molecule has 0 unspecified atom stereocenters. The van der Waals surface area contributed by atoms with Gasteiger partial charge in [-0.15, -0.1) is 0 Å². The Morgan fingerprint density at radius 3 is 2.78 bits per heavy atom. The minimum Gasteiger partial charge on any atom is -0.491 e. The SMILES string of the molecule is Cc1ccccc1OCCNC(=O)c1ccc([C@H]2CCCN(Cc3ccccn3)C2)nc1. The number of hydrogen-bond donors (Lipinski definition) is 1. The predicted molar refractivity (Wildman–Crippen MR) is 125 cm³/mol. The first-order valence-corrected chi connectivity index (χ1v) is 11.2. The molecular weight excluding hydrogens is 400 g/mol. The lowest BCUT2D eigenvalue weighted by Crippen LogP contribution is -2.34. The minimum absolute atomic E-state index is 0.127. The van der Waals surface area contributed by atoms with Crippen molar-refractivity contribution < 1.29 is 9.53 Å². The van der Waals surface area contributed by atoms with Crippen molar-refractivity contribution in [2.75, 3.05) is 26.2 Å². The Bertz CT molecular complexity index is 1010. The second-order valence-corrected chi connectivity index (χ2v) is 8.24. The topological polar surface area (TPSA) is 67.3 Å². The summed E-state index contributed by atoms with van der Waals surface area (Å²) in [5, 5.41) is 2.90. The molecule has 3 aromatic rings. The van der Waals surface area contributed by atoms with Gasteiger partial charge in [0.25, 0.3) is 5.91 Å². The number of aromatic nitrogens is 2. The number of aryl methyl sites for hydroxylation is 1. The summed E-state index contributed by atoms with van der Waals surface area (Å²) >= 11 is 0.